The first kappa shape index (κ1) is 14.6. The Kier molecular flexibility index (Phi) is 5.01. The number of aromatic nitrogens is 2. The van der Waals surface area contributed by atoms with Gasteiger partial charge in [-0.2, -0.15) is 0 Å². The number of hydrogen-bond acceptors (Lipinski definition) is 4. The van der Waals surface area contributed by atoms with Crippen LogP contribution in [-0.2, 0) is 5.88 Å². The first-order valence-corrected chi connectivity index (χ1v) is 7.34. The second-order valence-corrected chi connectivity index (χ2v) is 5.47. The van der Waals surface area contributed by atoms with Crippen LogP contribution in [0.15, 0.2) is 33.5 Å². The Labute approximate surface area is 132 Å². The van der Waals surface area contributed by atoms with Gasteiger partial charge < -0.3 is 9.47 Å². The SMILES string of the molecule is COc1cc(Br)c(Oc2cnc(CCl)cn2)cc1Br. The lowest BCUT2D eigenvalue weighted by Gasteiger charge is -2.10. The van der Waals surface area contributed by atoms with Gasteiger partial charge in [-0.3, -0.25) is 4.98 Å². The standard InChI is InChI=1S/C12H9Br2ClN2O2/c1-18-10-2-9(14)11(3-8(10)13)19-12-6-16-7(4-15)5-17-12/h2-3,5-6H,4H2,1H3. The van der Waals surface area contributed by atoms with Crippen molar-refractivity contribution >= 4 is 43.5 Å². The molecule has 4 nitrogen and oxygen atoms in total. The van der Waals surface area contributed by atoms with E-state index in [1.807, 2.05) is 0 Å². The van der Waals surface area contributed by atoms with E-state index in [0.29, 0.717) is 29.0 Å². The third-order valence-corrected chi connectivity index (χ3v) is 3.75. The molecule has 0 bridgehead atoms. The highest BCUT2D eigenvalue weighted by Gasteiger charge is 2.10. The van der Waals surface area contributed by atoms with Crippen LogP contribution in [0.3, 0.4) is 0 Å². The number of methoxy groups -OCH3 is 1. The molecule has 0 fully saturated rings. The van der Waals surface area contributed by atoms with Crippen LogP contribution in [-0.4, -0.2) is 17.1 Å². The number of nitrogens with zero attached hydrogens (tertiary/aromatic N) is 2. The topological polar surface area (TPSA) is 44.2 Å². The van der Waals surface area contributed by atoms with Crippen LogP contribution in [0.4, 0.5) is 0 Å². The summed E-state index contributed by atoms with van der Waals surface area (Å²) >= 11 is 12.5. The number of halogens is 3. The van der Waals surface area contributed by atoms with Crippen LogP contribution in [0.25, 0.3) is 0 Å². The van der Waals surface area contributed by atoms with Crippen molar-refractivity contribution < 1.29 is 9.47 Å². The zero-order valence-corrected chi connectivity index (χ0v) is 13.8. The van der Waals surface area contributed by atoms with E-state index in [2.05, 4.69) is 41.8 Å². The Balaban J connectivity index is 2.25. The minimum absolute atomic E-state index is 0.324. The minimum atomic E-state index is 0.324. The number of ether oxygens (including phenoxy) is 2. The van der Waals surface area contributed by atoms with Crippen molar-refractivity contribution in [1.82, 2.24) is 9.97 Å². The van der Waals surface area contributed by atoms with Gasteiger partial charge in [0.1, 0.15) is 11.5 Å². The first-order chi connectivity index (χ1) is 9.13. The quantitative estimate of drug-likeness (QED) is 0.697. The summed E-state index contributed by atoms with van der Waals surface area (Å²) in [6.07, 6.45) is 3.11. The Morgan fingerprint density at radius 1 is 1.11 bits per heavy atom. The molecule has 0 atom stereocenters. The van der Waals surface area contributed by atoms with Gasteiger partial charge in [0.15, 0.2) is 0 Å². The third-order valence-electron chi connectivity index (χ3n) is 2.24. The van der Waals surface area contributed by atoms with Gasteiger partial charge >= 0.3 is 0 Å². The predicted molar refractivity (Wildman–Crippen MR) is 80.1 cm³/mol. The zero-order valence-electron chi connectivity index (χ0n) is 9.86. The molecule has 0 N–H and O–H groups in total. The van der Waals surface area contributed by atoms with Crippen molar-refractivity contribution in [2.75, 3.05) is 7.11 Å². The number of alkyl halides is 1. The minimum Gasteiger partial charge on any atom is -0.496 e. The van der Waals surface area contributed by atoms with Crippen LogP contribution in [0.5, 0.6) is 17.4 Å². The molecule has 1 aromatic carbocycles. The summed E-state index contributed by atoms with van der Waals surface area (Å²) in [5.74, 6) is 2.04. The molecule has 0 amide bonds. The Morgan fingerprint density at radius 2 is 1.79 bits per heavy atom. The van der Waals surface area contributed by atoms with Gasteiger partial charge in [-0.15, -0.1) is 11.6 Å². The highest BCUT2D eigenvalue weighted by molar-refractivity contribution is 9.11. The predicted octanol–water partition coefficient (Wildman–Crippen LogP) is 4.54. The summed E-state index contributed by atoms with van der Waals surface area (Å²) in [7, 11) is 1.60. The summed E-state index contributed by atoms with van der Waals surface area (Å²) in [6, 6.07) is 3.60. The summed E-state index contributed by atoms with van der Waals surface area (Å²) in [5, 5.41) is 0. The summed E-state index contributed by atoms with van der Waals surface area (Å²) in [5.41, 5.74) is 0.698. The van der Waals surface area contributed by atoms with Crippen molar-refractivity contribution in [3.05, 3.63) is 39.2 Å². The molecular weight excluding hydrogens is 399 g/mol. The Hall–Kier alpha value is -0.850. The van der Waals surface area contributed by atoms with Crippen molar-refractivity contribution in [2.45, 2.75) is 5.88 Å². The van der Waals surface area contributed by atoms with Gasteiger partial charge in [-0.25, -0.2) is 4.98 Å². The lowest BCUT2D eigenvalue weighted by Crippen LogP contribution is -1.93. The first-order valence-electron chi connectivity index (χ1n) is 5.22. The largest absolute Gasteiger partial charge is 0.496 e. The molecule has 1 heterocycles. The fourth-order valence-corrected chi connectivity index (χ4v) is 2.35. The van der Waals surface area contributed by atoms with E-state index in [0.717, 1.165) is 8.95 Å². The molecule has 0 aliphatic carbocycles. The second-order valence-electron chi connectivity index (χ2n) is 3.50. The van der Waals surface area contributed by atoms with E-state index in [1.165, 1.54) is 6.20 Å². The molecule has 0 aliphatic rings. The van der Waals surface area contributed by atoms with E-state index >= 15 is 0 Å². The lowest BCUT2D eigenvalue weighted by molar-refractivity contribution is 0.408. The molecular formula is C12H9Br2ClN2O2. The maximum atomic E-state index is 5.65. The van der Waals surface area contributed by atoms with Crippen molar-refractivity contribution in [1.29, 1.82) is 0 Å². The molecule has 2 rings (SSSR count). The van der Waals surface area contributed by atoms with Gasteiger partial charge in [0.2, 0.25) is 5.88 Å². The van der Waals surface area contributed by atoms with Crippen LogP contribution < -0.4 is 9.47 Å². The molecule has 7 heteroatoms. The number of rotatable bonds is 4. The number of hydrogen-bond donors (Lipinski definition) is 0. The second kappa shape index (κ2) is 6.54. The average Bonchev–Trinajstić information content (AvgIpc) is 2.43. The molecule has 0 unspecified atom stereocenters. The van der Waals surface area contributed by atoms with Gasteiger partial charge in [0.25, 0.3) is 0 Å². The molecule has 0 saturated carbocycles. The molecule has 0 radical (unpaired) electrons. The normalized spacial score (nSPS) is 10.3. The van der Waals surface area contributed by atoms with E-state index in [-0.39, 0.29) is 0 Å². The smallest absolute Gasteiger partial charge is 0.237 e. The molecule has 0 spiro atoms. The van der Waals surface area contributed by atoms with E-state index in [4.69, 9.17) is 21.1 Å². The van der Waals surface area contributed by atoms with Gasteiger partial charge in [0, 0.05) is 0 Å². The van der Waals surface area contributed by atoms with Crippen molar-refractivity contribution in [3.63, 3.8) is 0 Å². The molecule has 1 aromatic heterocycles. The lowest BCUT2D eigenvalue weighted by atomic mass is 10.3. The Morgan fingerprint density at radius 3 is 2.37 bits per heavy atom. The van der Waals surface area contributed by atoms with Crippen molar-refractivity contribution in [3.8, 4) is 17.4 Å². The Bertz CT molecular complexity index is 579. The molecule has 2 aromatic rings. The maximum absolute atomic E-state index is 5.65. The van der Waals surface area contributed by atoms with Crippen LogP contribution in [0, 0.1) is 0 Å². The van der Waals surface area contributed by atoms with Gasteiger partial charge in [0.05, 0.1) is 40.0 Å². The van der Waals surface area contributed by atoms with E-state index < -0.39 is 0 Å². The van der Waals surface area contributed by atoms with E-state index in [1.54, 1.807) is 25.4 Å². The average molecular weight is 408 g/mol. The van der Waals surface area contributed by atoms with Gasteiger partial charge in [-0.05, 0) is 44.0 Å². The van der Waals surface area contributed by atoms with Gasteiger partial charge in [-0.1, -0.05) is 0 Å². The fourth-order valence-electron chi connectivity index (χ4n) is 1.32. The molecule has 19 heavy (non-hydrogen) atoms. The molecule has 0 aliphatic heterocycles. The number of benzene rings is 1. The monoisotopic (exact) mass is 406 g/mol. The summed E-state index contributed by atoms with van der Waals surface area (Å²) in [6.45, 7) is 0. The highest BCUT2D eigenvalue weighted by atomic mass is 79.9. The van der Waals surface area contributed by atoms with Crippen LogP contribution >= 0.6 is 43.5 Å². The maximum Gasteiger partial charge on any atom is 0.237 e. The van der Waals surface area contributed by atoms with Crippen LogP contribution in [0.2, 0.25) is 0 Å². The zero-order chi connectivity index (χ0) is 13.8. The molecule has 0 saturated heterocycles. The van der Waals surface area contributed by atoms with Crippen molar-refractivity contribution in [2.24, 2.45) is 0 Å². The third kappa shape index (κ3) is 3.58. The summed E-state index contributed by atoms with van der Waals surface area (Å²) in [4.78, 5) is 8.23. The van der Waals surface area contributed by atoms with E-state index in [9.17, 15) is 0 Å². The summed E-state index contributed by atoms with van der Waals surface area (Å²) < 4.78 is 12.4. The van der Waals surface area contributed by atoms with Crippen LogP contribution in [0.1, 0.15) is 5.69 Å². The highest BCUT2D eigenvalue weighted by Crippen LogP contribution is 2.37. The fraction of sp³-hybridized carbons (Fsp3) is 0.167. The molecule has 100 valence electrons.